The second-order valence-corrected chi connectivity index (χ2v) is 4.32. The van der Waals surface area contributed by atoms with Crippen molar-refractivity contribution < 1.29 is 4.79 Å². The number of carbonyl (C=O) groups is 1. The van der Waals surface area contributed by atoms with Crippen molar-refractivity contribution in [3.05, 3.63) is 64.4 Å². The third-order valence-corrected chi connectivity index (χ3v) is 2.85. The van der Waals surface area contributed by atoms with Gasteiger partial charge in [-0.15, -0.1) is 0 Å². The molecule has 0 aliphatic rings. The lowest BCUT2D eigenvalue weighted by molar-refractivity contribution is 0.0988. The fraction of sp³-hybridized carbons (Fsp3) is 0.143. The minimum Gasteiger partial charge on any atom is -0.292 e. The Morgan fingerprint density at radius 2 is 2.00 bits per heavy atom. The van der Waals surface area contributed by atoms with Gasteiger partial charge in [-0.25, -0.2) is 0 Å². The summed E-state index contributed by atoms with van der Waals surface area (Å²) in [6.07, 6.45) is 1.87. The van der Waals surface area contributed by atoms with Gasteiger partial charge in [-0.2, -0.15) is 0 Å². The van der Waals surface area contributed by atoms with E-state index in [1.807, 2.05) is 31.2 Å². The molecule has 0 fully saturated rings. The van der Waals surface area contributed by atoms with E-state index in [4.69, 9.17) is 11.6 Å². The van der Waals surface area contributed by atoms with Crippen LogP contribution in [0.15, 0.2) is 42.6 Å². The first-order chi connectivity index (χ1) is 8.16. The Hall–Kier alpha value is -1.67. The average molecular weight is 246 g/mol. The second kappa shape index (κ2) is 5.11. The van der Waals surface area contributed by atoms with Gasteiger partial charge in [0.25, 0.3) is 0 Å². The number of nitrogens with zero attached hydrogens (tertiary/aromatic N) is 1. The molecule has 2 nitrogen and oxygen atoms in total. The van der Waals surface area contributed by atoms with Crippen LogP contribution in [0.5, 0.6) is 0 Å². The Balaban J connectivity index is 2.17. The van der Waals surface area contributed by atoms with Crippen LogP contribution in [0.25, 0.3) is 0 Å². The minimum absolute atomic E-state index is 0.0102. The topological polar surface area (TPSA) is 30.0 Å². The molecule has 3 heteroatoms. The largest absolute Gasteiger partial charge is 0.292 e. The highest BCUT2D eigenvalue weighted by Gasteiger charge is 2.09. The molecule has 2 rings (SSSR count). The van der Waals surface area contributed by atoms with E-state index in [1.165, 1.54) is 6.20 Å². The highest BCUT2D eigenvalue weighted by atomic mass is 35.5. The maximum atomic E-state index is 12.0. The molecule has 0 radical (unpaired) electrons. The molecule has 0 atom stereocenters. The molecular formula is C14H12ClNO. The number of benzene rings is 1. The first kappa shape index (κ1) is 11.8. The molecule has 0 spiro atoms. The van der Waals surface area contributed by atoms with Gasteiger partial charge < -0.3 is 0 Å². The maximum absolute atomic E-state index is 12.0. The monoisotopic (exact) mass is 245 g/mol. The van der Waals surface area contributed by atoms with E-state index in [0.717, 1.165) is 11.1 Å². The van der Waals surface area contributed by atoms with E-state index in [1.54, 1.807) is 12.1 Å². The average Bonchev–Trinajstić information content (AvgIpc) is 2.33. The van der Waals surface area contributed by atoms with Crippen molar-refractivity contribution in [1.29, 1.82) is 0 Å². The Labute approximate surface area is 105 Å². The predicted molar refractivity (Wildman–Crippen MR) is 68.5 cm³/mol. The summed E-state index contributed by atoms with van der Waals surface area (Å²) in [6, 6.07) is 11.2. The molecule has 2 aromatic rings. The summed E-state index contributed by atoms with van der Waals surface area (Å²) in [4.78, 5) is 16.0. The first-order valence-electron chi connectivity index (χ1n) is 5.36. The summed E-state index contributed by atoms with van der Waals surface area (Å²) in [5.41, 5.74) is 2.61. The van der Waals surface area contributed by atoms with Crippen LogP contribution in [0.1, 0.15) is 21.6 Å². The molecule has 86 valence electrons. The molecule has 0 aliphatic heterocycles. The molecule has 1 heterocycles. The highest BCUT2D eigenvalue weighted by molar-refractivity contribution is 6.30. The van der Waals surface area contributed by atoms with Gasteiger partial charge in [-0.05, 0) is 30.2 Å². The Morgan fingerprint density at radius 1 is 1.24 bits per heavy atom. The van der Waals surface area contributed by atoms with Crippen molar-refractivity contribution >= 4 is 17.4 Å². The quantitative estimate of drug-likeness (QED) is 0.775. The van der Waals surface area contributed by atoms with Crippen LogP contribution in [-0.4, -0.2) is 10.8 Å². The van der Waals surface area contributed by atoms with Gasteiger partial charge in [0.2, 0.25) is 0 Å². The Morgan fingerprint density at radius 3 is 2.65 bits per heavy atom. The maximum Gasteiger partial charge on any atom is 0.185 e. The number of rotatable bonds is 3. The van der Waals surface area contributed by atoms with E-state index in [-0.39, 0.29) is 5.78 Å². The third kappa shape index (κ3) is 2.92. The van der Waals surface area contributed by atoms with Crippen molar-refractivity contribution in [2.24, 2.45) is 0 Å². The van der Waals surface area contributed by atoms with E-state index in [0.29, 0.717) is 17.1 Å². The Bertz CT molecular complexity index is 534. The van der Waals surface area contributed by atoms with Gasteiger partial charge >= 0.3 is 0 Å². The van der Waals surface area contributed by atoms with Gasteiger partial charge in [0.1, 0.15) is 5.69 Å². The summed E-state index contributed by atoms with van der Waals surface area (Å²) >= 11 is 5.73. The molecule has 0 N–H and O–H groups in total. The van der Waals surface area contributed by atoms with Gasteiger partial charge in [0.15, 0.2) is 5.78 Å². The number of pyridine rings is 1. The molecule has 0 unspecified atom stereocenters. The fourth-order valence-corrected chi connectivity index (χ4v) is 1.72. The number of hydrogen-bond acceptors (Lipinski definition) is 2. The Kier molecular flexibility index (Phi) is 3.55. The van der Waals surface area contributed by atoms with Gasteiger partial charge in [0, 0.05) is 12.6 Å². The number of aromatic nitrogens is 1. The lowest BCUT2D eigenvalue weighted by Gasteiger charge is -2.04. The van der Waals surface area contributed by atoms with Crippen LogP contribution in [-0.2, 0) is 6.42 Å². The normalized spacial score (nSPS) is 10.2. The summed E-state index contributed by atoms with van der Waals surface area (Å²) < 4.78 is 0. The molecule has 0 saturated heterocycles. The van der Waals surface area contributed by atoms with Crippen LogP contribution >= 0.6 is 11.6 Å². The number of aryl methyl sites for hydroxylation is 1. The zero-order chi connectivity index (χ0) is 12.3. The van der Waals surface area contributed by atoms with Crippen molar-refractivity contribution in [3.63, 3.8) is 0 Å². The summed E-state index contributed by atoms with van der Waals surface area (Å²) in [5.74, 6) is 0.0102. The number of hydrogen-bond donors (Lipinski definition) is 0. The molecule has 17 heavy (non-hydrogen) atoms. The molecule has 0 saturated carbocycles. The molecule has 0 amide bonds. The van der Waals surface area contributed by atoms with E-state index in [9.17, 15) is 4.79 Å². The van der Waals surface area contributed by atoms with Crippen LogP contribution in [0.2, 0.25) is 5.02 Å². The highest BCUT2D eigenvalue weighted by Crippen LogP contribution is 2.12. The molecule has 0 bridgehead atoms. The van der Waals surface area contributed by atoms with Gasteiger partial charge in [0.05, 0.1) is 5.02 Å². The summed E-state index contributed by atoms with van der Waals surface area (Å²) in [6.45, 7) is 2.00. The van der Waals surface area contributed by atoms with Crippen LogP contribution in [0.4, 0.5) is 0 Å². The van der Waals surface area contributed by atoms with Gasteiger partial charge in [-0.1, -0.05) is 35.9 Å². The minimum atomic E-state index is 0.0102. The zero-order valence-corrected chi connectivity index (χ0v) is 10.2. The lowest BCUT2D eigenvalue weighted by atomic mass is 10.0. The number of Topliss-reactive ketones (excluding diaryl/α,β-unsaturated/α-hetero) is 1. The van der Waals surface area contributed by atoms with Crippen LogP contribution in [0, 0.1) is 6.92 Å². The number of ketones is 1. The van der Waals surface area contributed by atoms with Crippen molar-refractivity contribution in [2.75, 3.05) is 0 Å². The third-order valence-electron chi connectivity index (χ3n) is 2.63. The van der Waals surface area contributed by atoms with E-state index < -0.39 is 0 Å². The molecule has 1 aromatic heterocycles. The number of carbonyl (C=O) groups excluding carboxylic acids is 1. The van der Waals surface area contributed by atoms with Crippen molar-refractivity contribution in [1.82, 2.24) is 4.98 Å². The van der Waals surface area contributed by atoms with Crippen molar-refractivity contribution in [3.8, 4) is 0 Å². The molecule has 1 aromatic carbocycles. The second-order valence-electron chi connectivity index (χ2n) is 3.89. The predicted octanol–water partition coefficient (Wildman–Crippen LogP) is 3.47. The van der Waals surface area contributed by atoms with E-state index >= 15 is 0 Å². The van der Waals surface area contributed by atoms with Gasteiger partial charge in [-0.3, -0.25) is 9.78 Å². The first-order valence-corrected chi connectivity index (χ1v) is 5.74. The SMILES string of the molecule is Cc1ccccc1CC(=O)c1ccc(Cl)cn1. The smallest absolute Gasteiger partial charge is 0.185 e. The number of halogens is 1. The van der Waals surface area contributed by atoms with Crippen LogP contribution < -0.4 is 0 Å². The lowest BCUT2D eigenvalue weighted by Crippen LogP contribution is -2.06. The molecular weight excluding hydrogens is 234 g/mol. The molecule has 0 aliphatic carbocycles. The standard InChI is InChI=1S/C14H12ClNO/c1-10-4-2-3-5-11(10)8-14(17)13-7-6-12(15)9-16-13/h2-7,9H,8H2,1H3. The zero-order valence-electron chi connectivity index (χ0n) is 9.48. The van der Waals surface area contributed by atoms with Crippen molar-refractivity contribution in [2.45, 2.75) is 13.3 Å². The van der Waals surface area contributed by atoms with Crippen LogP contribution in [0.3, 0.4) is 0 Å². The summed E-state index contributed by atoms with van der Waals surface area (Å²) in [7, 11) is 0. The fourth-order valence-electron chi connectivity index (χ4n) is 1.61. The summed E-state index contributed by atoms with van der Waals surface area (Å²) in [5, 5.41) is 0.539. The van der Waals surface area contributed by atoms with E-state index in [2.05, 4.69) is 4.98 Å².